The lowest BCUT2D eigenvalue weighted by Crippen LogP contribution is -2.08. The van der Waals surface area contributed by atoms with Gasteiger partial charge in [-0.05, 0) is 42.3 Å². The summed E-state index contributed by atoms with van der Waals surface area (Å²) in [5.74, 6) is -1.15. The van der Waals surface area contributed by atoms with Crippen molar-refractivity contribution in [1.29, 1.82) is 5.26 Å². The van der Waals surface area contributed by atoms with Crippen molar-refractivity contribution in [2.45, 2.75) is 13.0 Å². The van der Waals surface area contributed by atoms with E-state index >= 15 is 0 Å². The van der Waals surface area contributed by atoms with Crippen LogP contribution in [0.3, 0.4) is 0 Å². The Morgan fingerprint density at radius 2 is 2.05 bits per heavy atom. The monoisotopic (exact) mass is 256 g/mol. The normalized spacial score (nSPS) is 11.6. The molecule has 96 valence electrons. The molecule has 0 spiro atoms. The second-order valence-corrected chi connectivity index (χ2v) is 4.29. The van der Waals surface area contributed by atoms with E-state index in [4.69, 9.17) is 5.11 Å². The lowest BCUT2D eigenvalue weighted by Gasteiger charge is -2.14. The number of halogens is 1. The fraction of sp³-hybridized carbons (Fsp3) is 0.133. The van der Waals surface area contributed by atoms with E-state index in [-0.39, 0.29) is 0 Å². The molecule has 0 aromatic heterocycles. The number of benzene rings is 2. The van der Waals surface area contributed by atoms with E-state index in [1.807, 2.05) is 31.2 Å². The van der Waals surface area contributed by atoms with Gasteiger partial charge in [-0.2, -0.15) is 5.26 Å². The number of anilines is 1. The Balaban J connectivity index is 2.25. The summed E-state index contributed by atoms with van der Waals surface area (Å²) in [4.78, 5) is 0. The number of hydrogen-bond donors (Lipinski definition) is 2. The fourth-order valence-electron chi connectivity index (χ4n) is 1.79. The number of hydrogen-bond acceptors (Lipinski definition) is 3. The first-order valence-corrected chi connectivity index (χ1v) is 5.81. The lowest BCUT2D eigenvalue weighted by molar-refractivity contribution is 0.431. The molecule has 0 saturated carbocycles. The molecule has 2 rings (SSSR count). The zero-order valence-electron chi connectivity index (χ0n) is 10.4. The van der Waals surface area contributed by atoms with Crippen molar-refractivity contribution in [3.63, 3.8) is 0 Å². The van der Waals surface area contributed by atoms with Crippen LogP contribution in [0.5, 0.6) is 5.75 Å². The Labute approximate surface area is 110 Å². The van der Waals surface area contributed by atoms with Crippen LogP contribution in [0.4, 0.5) is 10.1 Å². The van der Waals surface area contributed by atoms with Crippen LogP contribution in [0, 0.1) is 24.1 Å². The number of phenols is 1. The maximum absolute atomic E-state index is 13.3. The van der Waals surface area contributed by atoms with Crippen molar-refractivity contribution in [3.05, 3.63) is 59.4 Å². The molecule has 2 N–H and O–H groups in total. The molecule has 0 radical (unpaired) electrons. The standard InChI is InChI=1S/C15H13FN2O/c1-10-3-2-4-12(7-10)18-14(9-17)11-5-6-15(19)13(16)8-11/h2-8,14,18-19H,1H3. The summed E-state index contributed by atoms with van der Waals surface area (Å²) >= 11 is 0. The molecule has 2 aromatic carbocycles. The van der Waals surface area contributed by atoms with Crippen molar-refractivity contribution in [1.82, 2.24) is 0 Å². The van der Waals surface area contributed by atoms with E-state index in [1.54, 1.807) is 0 Å². The van der Waals surface area contributed by atoms with Gasteiger partial charge in [-0.15, -0.1) is 0 Å². The van der Waals surface area contributed by atoms with Gasteiger partial charge >= 0.3 is 0 Å². The van der Waals surface area contributed by atoms with Crippen molar-refractivity contribution >= 4 is 5.69 Å². The Kier molecular flexibility index (Phi) is 3.67. The Morgan fingerprint density at radius 1 is 1.26 bits per heavy atom. The SMILES string of the molecule is Cc1cccc(NC(C#N)c2ccc(O)c(F)c2)c1. The molecule has 1 unspecified atom stereocenters. The van der Waals surface area contributed by atoms with E-state index < -0.39 is 17.6 Å². The summed E-state index contributed by atoms with van der Waals surface area (Å²) in [7, 11) is 0. The zero-order valence-corrected chi connectivity index (χ0v) is 10.4. The van der Waals surface area contributed by atoms with Crippen LogP contribution in [0.1, 0.15) is 17.2 Å². The topological polar surface area (TPSA) is 56.0 Å². The highest BCUT2D eigenvalue weighted by Gasteiger charge is 2.12. The minimum absolute atomic E-state index is 0.420. The first kappa shape index (κ1) is 12.9. The van der Waals surface area contributed by atoms with Gasteiger partial charge in [0.15, 0.2) is 11.6 Å². The molecule has 0 aliphatic heterocycles. The molecule has 0 heterocycles. The highest BCUT2D eigenvalue weighted by atomic mass is 19.1. The van der Waals surface area contributed by atoms with E-state index in [0.29, 0.717) is 5.56 Å². The average Bonchev–Trinajstić information content (AvgIpc) is 2.39. The van der Waals surface area contributed by atoms with Gasteiger partial charge in [0, 0.05) is 5.69 Å². The van der Waals surface area contributed by atoms with Crippen molar-refractivity contribution < 1.29 is 9.50 Å². The Bertz CT molecular complexity index is 634. The lowest BCUT2D eigenvalue weighted by atomic mass is 10.1. The van der Waals surface area contributed by atoms with Crippen LogP contribution in [0.25, 0.3) is 0 Å². The molecule has 0 aliphatic carbocycles. The molecule has 19 heavy (non-hydrogen) atoms. The minimum Gasteiger partial charge on any atom is -0.505 e. The molecule has 1 atom stereocenters. The molecule has 0 saturated heterocycles. The van der Waals surface area contributed by atoms with Crippen molar-refractivity contribution in [2.24, 2.45) is 0 Å². The Morgan fingerprint density at radius 3 is 2.68 bits per heavy atom. The number of nitrogens with one attached hydrogen (secondary N) is 1. The van der Waals surface area contributed by atoms with Crippen molar-refractivity contribution in [3.8, 4) is 11.8 Å². The van der Waals surface area contributed by atoms with Gasteiger partial charge in [-0.25, -0.2) is 4.39 Å². The van der Waals surface area contributed by atoms with Crippen LogP contribution in [0.15, 0.2) is 42.5 Å². The van der Waals surface area contributed by atoms with E-state index in [0.717, 1.165) is 17.3 Å². The predicted octanol–water partition coefficient (Wildman–Crippen LogP) is 3.52. The first-order chi connectivity index (χ1) is 9.10. The molecule has 0 fully saturated rings. The van der Waals surface area contributed by atoms with Gasteiger partial charge in [-0.1, -0.05) is 18.2 Å². The third-order valence-electron chi connectivity index (χ3n) is 2.76. The molecular formula is C15H13FN2O. The first-order valence-electron chi connectivity index (χ1n) is 5.81. The van der Waals surface area contributed by atoms with Gasteiger partial charge < -0.3 is 10.4 Å². The van der Waals surface area contributed by atoms with Crippen LogP contribution >= 0.6 is 0 Å². The third-order valence-corrected chi connectivity index (χ3v) is 2.76. The van der Waals surface area contributed by atoms with Gasteiger partial charge in [0.05, 0.1) is 6.07 Å². The van der Waals surface area contributed by atoms with Crippen LogP contribution in [-0.4, -0.2) is 5.11 Å². The molecule has 0 amide bonds. The summed E-state index contributed by atoms with van der Waals surface area (Å²) < 4.78 is 13.3. The smallest absolute Gasteiger partial charge is 0.165 e. The van der Waals surface area contributed by atoms with E-state index in [2.05, 4.69) is 11.4 Å². The molecule has 3 nitrogen and oxygen atoms in total. The summed E-state index contributed by atoms with van der Waals surface area (Å²) in [6.45, 7) is 1.95. The molecule has 0 bridgehead atoms. The highest BCUT2D eigenvalue weighted by Crippen LogP contribution is 2.24. The van der Waals surface area contributed by atoms with Gasteiger partial charge in [0.2, 0.25) is 0 Å². The fourth-order valence-corrected chi connectivity index (χ4v) is 1.79. The number of aryl methyl sites for hydroxylation is 1. The van der Waals surface area contributed by atoms with E-state index in [9.17, 15) is 9.65 Å². The number of nitrogens with zero attached hydrogens (tertiary/aromatic N) is 1. The molecule has 0 aliphatic rings. The quantitative estimate of drug-likeness (QED) is 0.883. The van der Waals surface area contributed by atoms with Gasteiger partial charge in [0.1, 0.15) is 6.04 Å². The molecule has 4 heteroatoms. The third kappa shape index (κ3) is 3.02. The maximum Gasteiger partial charge on any atom is 0.165 e. The molecular weight excluding hydrogens is 243 g/mol. The van der Waals surface area contributed by atoms with Crippen LogP contribution in [0.2, 0.25) is 0 Å². The number of rotatable bonds is 3. The predicted molar refractivity (Wildman–Crippen MR) is 71.2 cm³/mol. The summed E-state index contributed by atoms with van der Waals surface area (Å²) in [6, 6.07) is 12.9. The highest BCUT2D eigenvalue weighted by molar-refractivity contribution is 5.49. The number of aromatic hydroxyl groups is 1. The van der Waals surface area contributed by atoms with Gasteiger partial charge in [0.25, 0.3) is 0 Å². The van der Waals surface area contributed by atoms with Crippen LogP contribution in [-0.2, 0) is 0 Å². The number of nitriles is 1. The Hall–Kier alpha value is -2.54. The zero-order chi connectivity index (χ0) is 13.8. The summed E-state index contributed by atoms with van der Waals surface area (Å²) in [5.41, 5.74) is 2.33. The number of phenolic OH excluding ortho intramolecular Hbond substituents is 1. The summed E-state index contributed by atoms with van der Waals surface area (Å²) in [5, 5.41) is 21.3. The minimum atomic E-state index is -0.733. The average molecular weight is 256 g/mol. The van der Waals surface area contributed by atoms with Crippen LogP contribution < -0.4 is 5.32 Å². The van der Waals surface area contributed by atoms with Gasteiger partial charge in [-0.3, -0.25) is 0 Å². The second-order valence-electron chi connectivity index (χ2n) is 4.29. The summed E-state index contributed by atoms with van der Waals surface area (Å²) in [6.07, 6.45) is 0. The van der Waals surface area contributed by atoms with Crippen molar-refractivity contribution in [2.75, 3.05) is 5.32 Å². The van der Waals surface area contributed by atoms with E-state index in [1.165, 1.54) is 12.1 Å². The maximum atomic E-state index is 13.3. The largest absolute Gasteiger partial charge is 0.505 e. The second kappa shape index (κ2) is 5.40. The molecule has 2 aromatic rings.